The smallest absolute Gasteiger partial charge is 0.143 e. The summed E-state index contributed by atoms with van der Waals surface area (Å²) in [5.41, 5.74) is 1.60. The predicted molar refractivity (Wildman–Crippen MR) is 97.4 cm³/mol. The first kappa shape index (κ1) is 12.3. The van der Waals surface area contributed by atoms with E-state index in [1.54, 1.807) is 6.07 Å². The number of halogens is 1. The SMILES string of the molecule is Fc1cc2c3oc4ccccc4c3cc3ccc4cccc1c4c32. The molecule has 0 atom stereocenters. The molecule has 0 unspecified atom stereocenters. The molecule has 0 bridgehead atoms. The van der Waals surface area contributed by atoms with Crippen molar-refractivity contribution in [2.45, 2.75) is 0 Å². The van der Waals surface area contributed by atoms with E-state index in [0.29, 0.717) is 5.39 Å². The molecule has 0 radical (unpaired) electrons. The van der Waals surface area contributed by atoms with Crippen LogP contribution in [0.4, 0.5) is 4.39 Å². The van der Waals surface area contributed by atoms with Crippen LogP contribution in [0.5, 0.6) is 0 Å². The zero-order chi connectivity index (χ0) is 15.8. The first-order valence-corrected chi connectivity index (χ1v) is 7.98. The van der Waals surface area contributed by atoms with Gasteiger partial charge in [0.05, 0.1) is 0 Å². The summed E-state index contributed by atoms with van der Waals surface area (Å²) in [7, 11) is 0. The molecule has 0 saturated carbocycles. The van der Waals surface area contributed by atoms with Crippen molar-refractivity contribution >= 4 is 54.3 Å². The zero-order valence-electron chi connectivity index (χ0n) is 12.6. The molecule has 1 nitrogen and oxygen atoms in total. The minimum absolute atomic E-state index is 0.200. The highest BCUT2D eigenvalue weighted by Gasteiger charge is 2.17. The fourth-order valence-electron chi connectivity index (χ4n) is 4.02. The van der Waals surface area contributed by atoms with Gasteiger partial charge in [0.25, 0.3) is 0 Å². The van der Waals surface area contributed by atoms with E-state index in [1.807, 2.05) is 36.4 Å². The van der Waals surface area contributed by atoms with Gasteiger partial charge in [-0.2, -0.15) is 0 Å². The minimum Gasteiger partial charge on any atom is -0.455 e. The molecule has 6 aromatic rings. The monoisotopic (exact) mass is 310 g/mol. The van der Waals surface area contributed by atoms with Crippen LogP contribution in [0.2, 0.25) is 0 Å². The number of fused-ring (bicyclic) bond motifs is 4. The van der Waals surface area contributed by atoms with E-state index in [0.717, 1.165) is 48.9 Å². The van der Waals surface area contributed by atoms with E-state index < -0.39 is 0 Å². The van der Waals surface area contributed by atoms with Gasteiger partial charge in [-0.3, -0.25) is 0 Å². The van der Waals surface area contributed by atoms with Crippen LogP contribution in [0.3, 0.4) is 0 Å². The third kappa shape index (κ3) is 1.35. The van der Waals surface area contributed by atoms with Crippen LogP contribution >= 0.6 is 0 Å². The molecule has 112 valence electrons. The Labute approximate surface area is 136 Å². The van der Waals surface area contributed by atoms with Crippen molar-refractivity contribution in [2.24, 2.45) is 0 Å². The fraction of sp³-hybridized carbons (Fsp3) is 0. The summed E-state index contributed by atoms with van der Waals surface area (Å²) in [4.78, 5) is 0. The van der Waals surface area contributed by atoms with Crippen molar-refractivity contribution in [1.82, 2.24) is 0 Å². The second-order valence-corrected chi connectivity index (χ2v) is 6.32. The standard InChI is InChI=1S/C22H11FO/c23-18-11-17-21-13(9-8-12-4-3-6-15(18)20(12)21)10-16-14-5-1-2-7-19(14)24-22(16)17/h1-11H. The summed E-state index contributed by atoms with van der Waals surface area (Å²) in [6.07, 6.45) is 0. The summed E-state index contributed by atoms with van der Waals surface area (Å²) < 4.78 is 20.9. The highest BCUT2D eigenvalue weighted by atomic mass is 19.1. The molecule has 0 fully saturated rings. The quantitative estimate of drug-likeness (QED) is 0.287. The summed E-state index contributed by atoms with van der Waals surface area (Å²) in [6.45, 7) is 0. The van der Waals surface area contributed by atoms with E-state index in [9.17, 15) is 4.39 Å². The topological polar surface area (TPSA) is 13.1 Å². The Hall–Kier alpha value is -3.13. The van der Waals surface area contributed by atoms with Gasteiger partial charge in [0.1, 0.15) is 17.0 Å². The van der Waals surface area contributed by atoms with Crippen LogP contribution in [0, 0.1) is 5.82 Å². The van der Waals surface area contributed by atoms with Gasteiger partial charge in [0.15, 0.2) is 0 Å². The van der Waals surface area contributed by atoms with Gasteiger partial charge in [-0.25, -0.2) is 4.39 Å². The van der Waals surface area contributed by atoms with Crippen LogP contribution in [0.1, 0.15) is 0 Å². The van der Waals surface area contributed by atoms with E-state index in [1.165, 1.54) is 0 Å². The van der Waals surface area contributed by atoms with Gasteiger partial charge in [0.2, 0.25) is 0 Å². The Balaban J connectivity index is 2.03. The van der Waals surface area contributed by atoms with Gasteiger partial charge >= 0.3 is 0 Å². The van der Waals surface area contributed by atoms with Crippen molar-refractivity contribution in [3.63, 3.8) is 0 Å². The van der Waals surface area contributed by atoms with Crippen molar-refractivity contribution in [3.8, 4) is 0 Å². The molecule has 0 amide bonds. The molecule has 0 aliphatic rings. The highest BCUT2D eigenvalue weighted by Crippen LogP contribution is 2.42. The maximum absolute atomic E-state index is 14.8. The van der Waals surface area contributed by atoms with Crippen LogP contribution in [-0.2, 0) is 0 Å². The average molecular weight is 310 g/mol. The third-order valence-electron chi connectivity index (χ3n) is 5.05. The first-order valence-electron chi connectivity index (χ1n) is 7.98. The number of hydrogen-bond donors (Lipinski definition) is 0. The second kappa shape index (κ2) is 4.04. The molecule has 5 aromatic carbocycles. The number of benzene rings is 5. The molecule has 0 saturated heterocycles. The number of para-hydroxylation sites is 1. The van der Waals surface area contributed by atoms with E-state index in [2.05, 4.69) is 24.3 Å². The summed E-state index contributed by atoms with van der Waals surface area (Å²) >= 11 is 0. The summed E-state index contributed by atoms with van der Waals surface area (Å²) in [5, 5.41) is 7.85. The Morgan fingerprint density at radius 3 is 2.38 bits per heavy atom. The number of hydrogen-bond acceptors (Lipinski definition) is 1. The van der Waals surface area contributed by atoms with Crippen LogP contribution < -0.4 is 0 Å². The van der Waals surface area contributed by atoms with Crippen LogP contribution in [0.15, 0.2) is 71.1 Å². The Kier molecular flexibility index (Phi) is 2.07. The molecular weight excluding hydrogens is 299 g/mol. The molecule has 0 spiro atoms. The lowest BCUT2D eigenvalue weighted by Gasteiger charge is -2.11. The zero-order valence-corrected chi connectivity index (χ0v) is 12.6. The average Bonchev–Trinajstić information content (AvgIpc) is 2.99. The van der Waals surface area contributed by atoms with E-state index >= 15 is 0 Å². The van der Waals surface area contributed by atoms with Crippen molar-refractivity contribution < 1.29 is 8.81 Å². The van der Waals surface area contributed by atoms with Crippen molar-refractivity contribution in [3.05, 3.63) is 72.5 Å². The summed E-state index contributed by atoms with van der Waals surface area (Å²) in [6, 6.07) is 21.7. The molecule has 0 aliphatic carbocycles. The molecular formula is C22H11FO. The number of rotatable bonds is 0. The molecule has 2 heteroatoms. The lowest BCUT2D eigenvalue weighted by atomic mass is 9.92. The molecule has 24 heavy (non-hydrogen) atoms. The van der Waals surface area contributed by atoms with Crippen LogP contribution in [0.25, 0.3) is 54.3 Å². The van der Waals surface area contributed by atoms with E-state index in [4.69, 9.17) is 4.42 Å². The maximum Gasteiger partial charge on any atom is 0.143 e. The van der Waals surface area contributed by atoms with Gasteiger partial charge in [-0.05, 0) is 29.0 Å². The van der Waals surface area contributed by atoms with E-state index in [-0.39, 0.29) is 5.82 Å². The van der Waals surface area contributed by atoms with Gasteiger partial charge in [-0.15, -0.1) is 0 Å². The third-order valence-corrected chi connectivity index (χ3v) is 5.05. The minimum atomic E-state index is -0.200. The molecule has 1 aromatic heterocycles. The van der Waals surface area contributed by atoms with Crippen molar-refractivity contribution in [1.29, 1.82) is 0 Å². The Morgan fingerprint density at radius 1 is 0.625 bits per heavy atom. The second-order valence-electron chi connectivity index (χ2n) is 6.32. The molecule has 0 aliphatic heterocycles. The largest absolute Gasteiger partial charge is 0.455 e. The normalized spacial score (nSPS) is 12.4. The lowest BCUT2D eigenvalue weighted by Crippen LogP contribution is -1.87. The summed E-state index contributed by atoms with van der Waals surface area (Å²) in [5.74, 6) is -0.200. The predicted octanol–water partition coefficient (Wildman–Crippen LogP) is 6.62. The lowest BCUT2D eigenvalue weighted by molar-refractivity contribution is 0.640. The van der Waals surface area contributed by atoms with Gasteiger partial charge < -0.3 is 4.42 Å². The van der Waals surface area contributed by atoms with Crippen LogP contribution in [-0.4, -0.2) is 0 Å². The molecule has 1 heterocycles. The Bertz CT molecular complexity index is 1410. The van der Waals surface area contributed by atoms with Gasteiger partial charge in [-0.1, -0.05) is 48.5 Å². The molecule has 6 rings (SSSR count). The van der Waals surface area contributed by atoms with Gasteiger partial charge in [0, 0.05) is 32.3 Å². The maximum atomic E-state index is 14.8. The van der Waals surface area contributed by atoms with Crippen molar-refractivity contribution in [2.75, 3.05) is 0 Å². The highest BCUT2D eigenvalue weighted by molar-refractivity contribution is 6.30. The molecule has 0 N–H and O–H groups in total. The number of furan rings is 1. The first-order chi connectivity index (χ1) is 11.8. The fourth-order valence-corrected chi connectivity index (χ4v) is 4.02. The Morgan fingerprint density at radius 2 is 1.42 bits per heavy atom.